The van der Waals surface area contributed by atoms with Gasteiger partial charge in [-0.15, -0.1) is 0 Å². The van der Waals surface area contributed by atoms with Crippen LogP contribution in [0.25, 0.3) is 0 Å². The summed E-state index contributed by atoms with van der Waals surface area (Å²) in [5.41, 5.74) is 0. The van der Waals surface area contributed by atoms with Crippen LogP contribution in [0.5, 0.6) is 0 Å². The molecule has 0 unspecified atom stereocenters. The van der Waals surface area contributed by atoms with Crippen molar-refractivity contribution in [2.75, 3.05) is 99.1 Å². The summed E-state index contributed by atoms with van der Waals surface area (Å²) in [4.78, 5) is 0.129. The summed E-state index contributed by atoms with van der Waals surface area (Å²) >= 11 is 0. The first-order valence-corrected chi connectivity index (χ1v) is 18.1. The maximum Gasteiger partial charge on any atom is 0.297 e. The Kier molecular flexibility index (Phi) is 29.6. The fourth-order valence-corrected chi connectivity index (χ4v) is 5.06. The lowest BCUT2D eigenvalue weighted by atomic mass is 10.1. The number of benzene rings is 1. The van der Waals surface area contributed by atoms with E-state index in [1.165, 1.54) is 76.3 Å². The first kappa shape index (κ1) is 40.9. The summed E-state index contributed by atoms with van der Waals surface area (Å²) in [5, 5.41) is 0. The minimum atomic E-state index is -3.75. The van der Waals surface area contributed by atoms with E-state index in [0.29, 0.717) is 79.3 Å². The summed E-state index contributed by atoms with van der Waals surface area (Å²) in [7, 11) is -3.75. The zero-order chi connectivity index (χ0) is 31.7. The van der Waals surface area contributed by atoms with Gasteiger partial charge < -0.3 is 33.2 Å². The predicted octanol–water partition coefficient (Wildman–Crippen LogP) is 5.82. The van der Waals surface area contributed by atoms with Gasteiger partial charge in [-0.05, 0) is 18.6 Å². The third kappa shape index (κ3) is 27.2. The quantitative estimate of drug-likeness (QED) is 0.0660. The smallest absolute Gasteiger partial charge is 0.297 e. The van der Waals surface area contributed by atoms with Crippen molar-refractivity contribution in [2.45, 2.75) is 82.4 Å². The fraction of sp³-hybridized carbons (Fsp3) is 0.818. The van der Waals surface area contributed by atoms with Crippen molar-refractivity contribution in [1.82, 2.24) is 0 Å². The van der Waals surface area contributed by atoms with Gasteiger partial charge in [-0.1, -0.05) is 89.3 Å². The molecular weight excluding hydrogens is 588 g/mol. The zero-order valence-electron chi connectivity index (χ0n) is 27.3. The Morgan fingerprint density at radius 3 is 1.11 bits per heavy atom. The van der Waals surface area contributed by atoms with Crippen LogP contribution >= 0.6 is 0 Å². The summed E-state index contributed by atoms with van der Waals surface area (Å²) in [6.45, 7) is 9.17. The van der Waals surface area contributed by atoms with Crippen LogP contribution in [0.1, 0.15) is 77.6 Å². The van der Waals surface area contributed by atoms with Gasteiger partial charge in [0.15, 0.2) is 0 Å². The van der Waals surface area contributed by atoms with E-state index in [0.717, 1.165) is 13.0 Å². The third-order valence-corrected chi connectivity index (χ3v) is 7.95. The largest absolute Gasteiger partial charge is 0.379 e. The fourth-order valence-electron chi connectivity index (χ4n) is 4.15. The molecule has 10 nitrogen and oxygen atoms in total. The average molecular weight is 649 g/mol. The normalized spacial score (nSPS) is 11.8. The van der Waals surface area contributed by atoms with Crippen LogP contribution in [0.4, 0.5) is 0 Å². The van der Waals surface area contributed by atoms with Crippen molar-refractivity contribution >= 4 is 10.1 Å². The molecule has 1 rings (SSSR count). The molecule has 0 fully saturated rings. The van der Waals surface area contributed by atoms with Gasteiger partial charge in [-0.2, -0.15) is 8.42 Å². The van der Waals surface area contributed by atoms with Crippen molar-refractivity contribution in [2.24, 2.45) is 0 Å². The minimum Gasteiger partial charge on any atom is -0.379 e. The summed E-state index contributed by atoms with van der Waals surface area (Å²) in [6.07, 6.45) is 14.8. The lowest BCUT2D eigenvalue weighted by molar-refractivity contribution is -0.0212. The molecule has 0 aliphatic carbocycles. The Labute approximate surface area is 267 Å². The van der Waals surface area contributed by atoms with Gasteiger partial charge in [-0.25, -0.2) is 0 Å². The standard InChI is InChI=1S/C33H60O10S/c1-2-3-4-5-6-7-8-9-10-11-15-18-36-19-20-37-21-22-38-23-24-39-25-26-40-27-28-41-29-30-42-31-32-43-44(34,35)33-16-13-12-14-17-33/h12-14,16-17H,2-11,15,18-32H2,1H3. The van der Waals surface area contributed by atoms with Crippen LogP contribution in [-0.4, -0.2) is 108 Å². The van der Waals surface area contributed by atoms with E-state index in [4.69, 9.17) is 37.3 Å². The minimum absolute atomic E-state index is 0.0475. The van der Waals surface area contributed by atoms with E-state index >= 15 is 0 Å². The van der Waals surface area contributed by atoms with Crippen molar-refractivity contribution < 1.29 is 45.8 Å². The molecule has 0 saturated carbocycles. The number of hydrogen-bond donors (Lipinski definition) is 0. The Morgan fingerprint density at radius 1 is 0.409 bits per heavy atom. The number of hydrogen-bond acceptors (Lipinski definition) is 10. The Morgan fingerprint density at radius 2 is 0.727 bits per heavy atom. The van der Waals surface area contributed by atoms with Gasteiger partial charge in [0.25, 0.3) is 10.1 Å². The lowest BCUT2D eigenvalue weighted by Gasteiger charge is -2.09. The SMILES string of the molecule is CCCCCCCCCCCCCOCCOCCOCCOCCOCCOCCOCCOS(=O)(=O)c1ccccc1. The monoisotopic (exact) mass is 648 g/mol. The van der Waals surface area contributed by atoms with Crippen molar-refractivity contribution in [1.29, 1.82) is 0 Å². The van der Waals surface area contributed by atoms with Crippen molar-refractivity contribution in [3.8, 4) is 0 Å². The molecule has 0 saturated heterocycles. The molecule has 1 aromatic rings. The van der Waals surface area contributed by atoms with Gasteiger partial charge in [0, 0.05) is 6.61 Å². The summed E-state index contributed by atoms with van der Waals surface area (Å²) in [6, 6.07) is 8.01. The Bertz CT molecular complexity index is 810. The van der Waals surface area contributed by atoms with Gasteiger partial charge in [0.1, 0.15) is 0 Å². The highest BCUT2D eigenvalue weighted by Crippen LogP contribution is 2.12. The van der Waals surface area contributed by atoms with Crippen LogP contribution in [0.15, 0.2) is 35.2 Å². The maximum absolute atomic E-state index is 12.0. The molecule has 11 heteroatoms. The lowest BCUT2D eigenvalue weighted by Crippen LogP contribution is -2.15. The molecule has 0 bridgehead atoms. The molecule has 0 radical (unpaired) electrons. The second-order valence-corrected chi connectivity index (χ2v) is 12.0. The Balaban J connectivity index is 1.67. The molecule has 0 atom stereocenters. The van der Waals surface area contributed by atoms with E-state index in [1.54, 1.807) is 18.2 Å². The van der Waals surface area contributed by atoms with Crippen molar-refractivity contribution in [3.05, 3.63) is 30.3 Å². The van der Waals surface area contributed by atoms with E-state index in [-0.39, 0.29) is 18.1 Å². The van der Waals surface area contributed by atoms with Crippen LogP contribution in [-0.2, 0) is 47.5 Å². The van der Waals surface area contributed by atoms with Gasteiger partial charge in [0.05, 0.1) is 97.4 Å². The second kappa shape index (κ2) is 31.8. The maximum atomic E-state index is 12.0. The summed E-state index contributed by atoms with van der Waals surface area (Å²) < 4.78 is 67.2. The van der Waals surface area contributed by atoms with Crippen molar-refractivity contribution in [3.63, 3.8) is 0 Å². The van der Waals surface area contributed by atoms with Gasteiger partial charge in [-0.3, -0.25) is 4.18 Å². The molecule has 0 N–H and O–H groups in total. The van der Waals surface area contributed by atoms with E-state index in [1.807, 2.05) is 0 Å². The molecule has 0 spiro atoms. The highest BCUT2D eigenvalue weighted by Gasteiger charge is 2.13. The first-order chi connectivity index (χ1) is 21.7. The number of unbranched alkanes of at least 4 members (excludes halogenated alkanes) is 10. The first-order valence-electron chi connectivity index (χ1n) is 16.7. The van der Waals surface area contributed by atoms with E-state index in [2.05, 4.69) is 6.92 Å². The third-order valence-electron chi connectivity index (χ3n) is 6.62. The predicted molar refractivity (Wildman–Crippen MR) is 172 cm³/mol. The zero-order valence-corrected chi connectivity index (χ0v) is 28.1. The summed E-state index contributed by atoms with van der Waals surface area (Å²) in [5.74, 6) is 0. The van der Waals surface area contributed by atoms with Crippen LogP contribution in [0, 0.1) is 0 Å². The van der Waals surface area contributed by atoms with Gasteiger partial charge in [0.2, 0.25) is 0 Å². The number of ether oxygens (including phenoxy) is 7. The second-order valence-electron chi connectivity index (χ2n) is 10.4. The van der Waals surface area contributed by atoms with Crippen LogP contribution in [0.3, 0.4) is 0 Å². The molecular formula is C33H60O10S. The van der Waals surface area contributed by atoms with Crippen LogP contribution in [0.2, 0.25) is 0 Å². The average Bonchev–Trinajstić information content (AvgIpc) is 3.03. The van der Waals surface area contributed by atoms with E-state index in [9.17, 15) is 8.42 Å². The molecule has 0 amide bonds. The molecule has 0 aromatic heterocycles. The highest BCUT2D eigenvalue weighted by molar-refractivity contribution is 7.86. The molecule has 1 aromatic carbocycles. The Hall–Kier alpha value is -1.15. The molecule has 0 heterocycles. The molecule has 258 valence electrons. The molecule has 0 aliphatic rings. The molecule has 44 heavy (non-hydrogen) atoms. The topological polar surface area (TPSA) is 108 Å². The van der Waals surface area contributed by atoms with E-state index < -0.39 is 10.1 Å². The van der Waals surface area contributed by atoms with Crippen LogP contribution < -0.4 is 0 Å². The molecule has 0 aliphatic heterocycles. The number of rotatable bonds is 35. The highest BCUT2D eigenvalue weighted by atomic mass is 32.2. The van der Waals surface area contributed by atoms with Gasteiger partial charge >= 0.3 is 0 Å².